The molecule has 0 spiro atoms. The lowest BCUT2D eigenvalue weighted by molar-refractivity contribution is -0.384. The van der Waals surface area contributed by atoms with Gasteiger partial charge in [-0.15, -0.1) is 0 Å². The maximum Gasteiger partial charge on any atom is 0.338 e. The maximum absolute atomic E-state index is 12.2. The summed E-state index contributed by atoms with van der Waals surface area (Å²) in [6, 6.07) is 5.29. The van der Waals surface area contributed by atoms with Gasteiger partial charge in [0.15, 0.2) is 6.61 Å². The van der Waals surface area contributed by atoms with Gasteiger partial charge in [-0.1, -0.05) is 6.92 Å². The number of carbonyl (C=O) groups is 2. The number of carbonyl (C=O) groups excluding carboxylic acids is 2. The lowest BCUT2D eigenvalue weighted by Crippen LogP contribution is -2.41. The molecule has 0 radical (unpaired) electrons. The number of rotatable bonds is 5. The first-order chi connectivity index (χ1) is 11.4. The predicted octanol–water partition coefficient (Wildman–Crippen LogP) is 2.79. The summed E-state index contributed by atoms with van der Waals surface area (Å²) >= 11 is 0. The van der Waals surface area contributed by atoms with Crippen LogP contribution in [-0.4, -0.2) is 41.4 Å². The number of nitrogens with zero attached hydrogens (tertiary/aromatic N) is 2. The van der Waals surface area contributed by atoms with Crippen molar-refractivity contribution in [2.75, 3.05) is 13.7 Å². The van der Waals surface area contributed by atoms with E-state index >= 15 is 0 Å². The molecule has 1 saturated carbocycles. The van der Waals surface area contributed by atoms with Crippen LogP contribution in [0.15, 0.2) is 24.3 Å². The Bertz CT molecular complexity index is 606. The molecule has 2 rings (SSSR count). The Kier molecular flexibility index (Phi) is 5.89. The highest BCUT2D eigenvalue weighted by atomic mass is 16.6. The number of hydrogen-bond acceptors (Lipinski definition) is 5. The fourth-order valence-electron chi connectivity index (χ4n) is 2.87. The van der Waals surface area contributed by atoms with Crippen molar-refractivity contribution in [2.45, 2.75) is 38.6 Å². The van der Waals surface area contributed by atoms with E-state index in [0.717, 1.165) is 25.7 Å². The average molecular weight is 334 g/mol. The van der Waals surface area contributed by atoms with Gasteiger partial charge < -0.3 is 9.64 Å². The predicted molar refractivity (Wildman–Crippen MR) is 87.6 cm³/mol. The molecule has 0 bridgehead atoms. The number of benzene rings is 1. The minimum absolute atomic E-state index is 0.103. The van der Waals surface area contributed by atoms with E-state index in [2.05, 4.69) is 6.92 Å². The molecule has 1 aliphatic carbocycles. The fourth-order valence-corrected chi connectivity index (χ4v) is 2.87. The number of ether oxygens (including phenoxy) is 1. The molecule has 1 aromatic carbocycles. The van der Waals surface area contributed by atoms with Crippen LogP contribution in [-0.2, 0) is 9.53 Å². The summed E-state index contributed by atoms with van der Waals surface area (Å²) in [6.45, 7) is 1.89. The quantitative estimate of drug-likeness (QED) is 0.469. The van der Waals surface area contributed by atoms with Crippen molar-refractivity contribution in [1.29, 1.82) is 0 Å². The fraction of sp³-hybridized carbons (Fsp3) is 0.529. The first kappa shape index (κ1) is 17.9. The van der Waals surface area contributed by atoms with Gasteiger partial charge in [0, 0.05) is 25.2 Å². The minimum Gasteiger partial charge on any atom is -0.452 e. The van der Waals surface area contributed by atoms with E-state index in [9.17, 15) is 19.7 Å². The number of nitro groups is 1. The van der Waals surface area contributed by atoms with Crippen LogP contribution < -0.4 is 0 Å². The topological polar surface area (TPSA) is 89.8 Å². The van der Waals surface area contributed by atoms with E-state index in [1.54, 1.807) is 11.9 Å². The second-order valence-electron chi connectivity index (χ2n) is 6.30. The number of amides is 1. The van der Waals surface area contributed by atoms with E-state index in [1.165, 1.54) is 24.3 Å². The maximum atomic E-state index is 12.2. The molecule has 0 unspecified atom stereocenters. The van der Waals surface area contributed by atoms with Gasteiger partial charge in [-0.05, 0) is 43.7 Å². The van der Waals surface area contributed by atoms with Crippen molar-refractivity contribution in [3.05, 3.63) is 39.9 Å². The van der Waals surface area contributed by atoms with Gasteiger partial charge in [0.1, 0.15) is 0 Å². The Balaban J connectivity index is 1.84. The van der Waals surface area contributed by atoms with Crippen LogP contribution in [0, 0.1) is 16.0 Å². The van der Waals surface area contributed by atoms with Crippen molar-refractivity contribution in [3.63, 3.8) is 0 Å². The Morgan fingerprint density at radius 1 is 1.21 bits per heavy atom. The van der Waals surface area contributed by atoms with Gasteiger partial charge in [-0.2, -0.15) is 0 Å². The zero-order chi connectivity index (χ0) is 17.7. The van der Waals surface area contributed by atoms with Crippen LogP contribution in [0.1, 0.15) is 43.0 Å². The molecule has 0 saturated heterocycles. The molecular weight excluding hydrogens is 312 g/mol. The highest BCUT2D eigenvalue weighted by Gasteiger charge is 2.25. The molecule has 1 fully saturated rings. The number of non-ortho nitro benzene ring substituents is 1. The zero-order valence-electron chi connectivity index (χ0n) is 13.9. The summed E-state index contributed by atoms with van der Waals surface area (Å²) < 4.78 is 5.02. The highest BCUT2D eigenvalue weighted by Crippen LogP contribution is 2.26. The molecule has 7 heteroatoms. The van der Waals surface area contributed by atoms with E-state index in [-0.39, 0.29) is 29.8 Å². The molecule has 130 valence electrons. The van der Waals surface area contributed by atoms with Crippen LogP contribution in [0.2, 0.25) is 0 Å². The van der Waals surface area contributed by atoms with Gasteiger partial charge >= 0.3 is 5.97 Å². The first-order valence-corrected chi connectivity index (χ1v) is 8.05. The third-order valence-electron chi connectivity index (χ3n) is 4.57. The molecule has 0 aromatic heterocycles. The third-order valence-corrected chi connectivity index (χ3v) is 4.57. The van der Waals surface area contributed by atoms with Crippen molar-refractivity contribution in [3.8, 4) is 0 Å². The summed E-state index contributed by atoms with van der Waals surface area (Å²) in [7, 11) is 1.74. The Labute approximate surface area is 140 Å². The van der Waals surface area contributed by atoms with Crippen LogP contribution in [0.4, 0.5) is 5.69 Å². The van der Waals surface area contributed by atoms with Crippen molar-refractivity contribution < 1.29 is 19.2 Å². The zero-order valence-corrected chi connectivity index (χ0v) is 13.9. The van der Waals surface area contributed by atoms with Crippen molar-refractivity contribution in [1.82, 2.24) is 4.90 Å². The van der Waals surface area contributed by atoms with Crippen LogP contribution in [0.5, 0.6) is 0 Å². The van der Waals surface area contributed by atoms with Gasteiger partial charge in [0.25, 0.3) is 11.6 Å². The number of likely N-dealkylation sites (N-methyl/N-ethyl adjacent to an activating group) is 1. The van der Waals surface area contributed by atoms with Gasteiger partial charge in [-0.25, -0.2) is 4.79 Å². The van der Waals surface area contributed by atoms with E-state index in [0.29, 0.717) is 5.92 Å². The molecule has 24 heavy (non-hydrogen) atoms. The Hall–Kier alpha value is -2.44. The average Bonchev–Trinajstić information content (AvgIpc) is 2.59. The highest BCUT2D eigenvalue weighted by molar-refractivity contribution is 5.91. The molecule has 0 N–H and O–H groups in total. The van der Waals surface area contributed by atoms with Crippen LogP contribution in [0.3, 0.4) is 0 Å². The molecule has 1 aromatic rings. The Morgan fingerprint density at radius 3 is 2.33 bits per heavy atom. The second-order valence-corrected chi connectivity index (χ2v) is 6.30. The minimum atomic E-state index is -0.663. The summed E-state index contributed by atoms with van der Waals surface area (Å²) in [4.78, 5) is 35.8. The lowest BCUT2D eigenvalue weighted by atomic mass is 9.87. The number of esters is 1. The smallest absolute Gasteiger partial charge is 0.338 e. The lowest BCUT2D eigenvalue weighted by Gasteiger charge is -2.33. The van der Waals surface area contributed by atoms with E-state index in [1.807, 2.05) is 0 Å². The molecule has 7 nitrogen and oxygen atoms in total. The van der Waals surface area contributed by atoms with Gasteiger partial charge in [-0.3, -0.25) is 14.9 Å². The van der Waals surface area contributed by atoms with Crippen LogP contribution in [0.25, 0.3) is 0 Å². The summed E-state index contributed by atoms with van der Waals surface area (Å²) in [6.07, 6.45) is 4.15. The summed E-state index contributed by atoms with van der Waals surface area (Å²) in [5.74, 6) is -0.196. The van der Waals surface area contributed by atoms with E-state index in [4.69, 9.17) is 4.74 Å². The Morgan fingerprint density at radius 2 is 1.79 bits per heavy atom. The standard InChI is InChI=1S/C17H22N2O5/c1-12-3-7-14(8-4-12)18(2)16(20)11-24-17(21)13-5-9-15(10-6-13)19(22)23/h5-6,9-10,12,14H,3-4,7-8,11H2,1-2H3. The first-order valence-electron chi connectivity index (χ1n) is 8.05. The largest absolute Gasteiger partial charge is 0.452 e. The summed E-state index contributed by atoms with van der Waals surface area (Å²) in [5.41, 5.74) is 0.0800. The molecule has 0 heterocycles. The van der Waals surface area contributed by atoms with Gasteiger partial charge in [0.05, 0.1) is 10.5 Å². The molecule has 0 atom stereocenters. The monoisotopic (exact) mass is 334 g/mol. The summed E-state index contributed by atoms with van der Waals surface area (Å²) in [5, 5.41) is 10.6. The second kappa shape index (κ2) is 7.90. The number of hydrogen-bond donors (Lipinski definition) is 0. The third kappa shape index (κ3) is 4.53. The van der Waals surface area contributed by atoms with Crippen molar-refractivity contribution >= 4 is 17.6 Å². The SMILES string of the molecule is CC1CCC(N(C)C(=O)COC(=O)c2ccc([N+](=O)[O-])cc2)CC1. The molecule has 1 amide bonds. The normalized spacial score (nSPS) is 20.2. The number of nitro benzene ring substituents is 1. The molecular formula is C17H22N2O5. The molecule has 1 aliphatic rings. The van der Waals surface area contributed by atoms with Crippen molar-refractivity contribution in [2.24, 2.45) is 5.92 Å². The molecule has 0 aliphatic heterocycles. The van der Waals surface area contributed by atoms with E-state index < -0.39 is 10.9 Å². The van der Waals surface area contributed by atoms with Gasteiger partial charge in [0.2, 0.25) is 0 Å². The van der Waals surface area contributed by atoms with Crippen LogP contribution >= 0.6 is 0 Å².